The summed E-state index contributed by atoms with van der Waals surface area (Å²) in [5, 5.41) is 0. The number of benzene rings is 3. The molecule has 2 aliphatic heterocycles. The van der Waals surface area contributed by atoms with E-state index >= 15 is 0 Å². The first-order chi connectivity index (χ1) is 18.3. The maximum Gasteiger partial charge on any atom is 0.338 e. The van der Waals surface area contributed by atoms with Crippen molar-refractivity contribution in [1.82, 2.24) is 0 Å². The Balaban J connectivity index is 1.48. The lowest BCUT2D eigenvalue weighted by atomic mass is 9.77. The largest absolute Gasteiger partial charge is 0.462 e. The third-order valence-corrected chi connectivity index (χ3v) is 7.65. The zero-order chi connectivity index (χ0) is 26.8. The molecule has 38 heavy (non-hydrogen) atoms. The molecule has 0 bridgehead atoms. The molecule has 0 aromatic heterocycles. The van der Waals surface area contributed by atoms with Crippen LogP contribution in [0.15, 0.2) is 72.8 Å². The van der Waals surface area contributed by atoms with Crippen LogP contribution in [0.2, 0.25) is 0 Å². The van der Waals surface area contributed by atoms with Crippen molar-refractivity contribution in [3.63, 3.8) is 0 Å². The molecule has 3 aromatic rings. The van der Waals surface area contributed by atoms with Gasteiger partial charge in [-0.1, -0.05) is 48.5 Å². The van der Waals surface area contributed by atoms with Crippen molar-refractivity contribution in [2.24, 2.45) is 11.8 Å². The third-order valence-electron chi connectivity index (χ3n) is 7.65. The highest BCUT2D eigenvalue weighted by Gasteiger charge is 2.74. The number of hydrogen-bond donors (Lipinski definition) is 0. The summed E-state index contributed by atoms with van der Waals surface area (Å²) in [6, 6.07) is 19.5. The van der Waals surface area contributed by atoms with Crippen LogP contribution in [0.25, 0.3) is 0 Å². The van der Waals surface area contributed by atoms with E-state index in [0.717, 1.165) is 10.5 Å². The lowest BCUT2D eigenvalue weighted by molar-refractivity contribution is -0.127. The van der Waals surface area contributed by atoms with Crippen LogP contribution in [0, 0.1) is 18.8 Å². The van der Waals surface area contributed by atoms with Gasteiger partial charge in [0, 0.05) is 11.1 Å². The fourth-order valence-electron chi connectivity index (χ4n) is 5.92. The number of fused-ring (bicyclic) bond motifs is 3. The van der Waals surface area contributed by atoms with Gasteiger partial charge in [0.2, 0.25) is 29.0 Å². The average Bonchev–Trinajstić information content (AvgIpc) is 3.49. The van der Waals surface area contributed by atoms with Gasteiger partial charge in [-0.3, -0.25) is 19.2 Å². The number of aryl methyl sites for hydroxylation is 1. The van der Waals surface area contributed by atoms with Crippen molar-refractivity contribution >= 4 is 35.0 Å². The Morgan fingerprint density at radius 1 is 0.868 bits per heavy atom. The lowest BCUT2D eigenvalue weighted by Crippen LogP contribution is -2.51. The van der Waals surface area contributed by atoms with E-state index in [1.54, 1.807) is 31.2 Å². The van der Waals surface area contributed by atoms with Crippen molar-refractivity contribution in [1.29, 1.82) is 0 Å². The highest BCUT2D eigenvalue weighted by molar-refractivity contribution is 6.37. The van der Waals surface area contributed by atoms with E-state index in [1.807, 2.05) is 19.1 Å². The smallest absolute Gasteiger partial charge is 0.338 e. The van der Waals surface area contributed by atoms with Gasteiger partial charge < -0.3 is 9.47 Å². The minimum atomic E-state index is -2.13. The Morgan fingerprint density at radius 2 is 1.47 bits per heavy atom. The predicted molar refractivity (Wildman–Crippen MR) is 135 cm³/mol. The topological polar surface area (TPSA) is 107 Å². The number of amides is 2. The summed E-state index contributed by atoms with van der Waals surface area (Å²) in [7, 11) is 0. The molecular weight excluding hydrogens is 486 g/mol. The van der Waals surface area contributed by atoms with Crippen LogP contribution in [0.5, 0.6) is 0 Å². The van der Waals surface area contributed by atoms with Gasteiger partial charge in [0.15, 0.2) is 0 Å². The summed E-state index contributed by atoms with van der Waals surface area (Å²) >= 11 is 0. The molecule has 1 aliphatic carbocycles. The molecule has 0 unspecified atom stereocenters. The number of carbonyl (C=O) groups excluding carboxylic acids is 5. The second-order valence-electron chi connectivity index (χ2n) is 9.62. The van der Waals surface area contributed by atoms with Crippen molar-refractivity contribution in [3.8, 4) is 0 Å². The average molecular weight is 510 g/mol. The Labute approximate surface area is 218 Å². The molecule has 190 valence electrons. The number of anilines is 1. The van der Waals surface area contributed by atoms with Crippen molar-refractivity contribution < 1.29 is 33.4 Å². The van der Waals surface area contributed by atoms with Crippen molar-refractivity contribution in [2.75, 3.05) is 11.5 Å². The van der Waals surface area contributed by atoms with Gasteiger partial charge in [-0.2, -0.15) is 0 Å². The molecule has 2 fully saturated rings. The summed E-state index contributed by atoms with van der Waals surface area (Å²) in [5.74, 6) is -5.41. The molecule has 0 saturated carbocycles. The van der Waals surface area contributed by atoms with Gasteiger partial charge >= 0.3 is 5.97 Å². The number of imide groups is 1. The van der Waals surface area contributed by atoms with Gasteiger partial charge in [-0.25, -0.2) is 9.69 Å². The summed E-state index contributed by atoms with van der Waals surface area (Å²) in [5.41, 5.74) is 0.171. The van der Waals surface area contributed by atoms with E-state index in [1.165, 1.54) is 36.4 Å². The highest BCUT2D eigenvalue weighted by Crippen LogP contribution is 2.58. The normalized spacial score (nSPS) is 23.2. The number of rotatable bonds is 4. The minimum absolute atomic E-state index is 0.180. The number of carbonyl (C=O) groups is 5. The summed E-state index contributed by atoms with van der Waals surface area (Å²) < 4.78 is 11.3. The molecular formula is C30H23NO7. The first-order valence-electron chi connectivity index (χ1n) is 12.4. The van der Waals surface area contributed by atoms with Crippen LogP contribution >= 0.6 is 0 Å². The molecule has 8 nitrogen and oxygen atoms in total. The molecule has 8 heteroatoms. The van der Waals surface area contributed by atoms with E-state index in [-0.39, 0.29) is 29.0 Å². The van der Waals surface area contributed by atoms with E-state index < -0.39 is 52.9 Å². The zero-order valence-electron chi connectivity index (χ0n) is 20.7. The van der Waals surface area contributed by atoms with E-state index in [4.69, 9.17) is 9.47 Å². The van der Waals surface area contributed by atoms with E-state index in [2.05, 4.69) is 0 Å². The Kier molecular flexibility index (Phi) is 5.39. The van der Waals surface area contributed by atoms with Gasteiger partial charge in [0.1, 0.15) is 0 Å². The Bertz CT molecular complexity index is 1510. The molecule has 3 aromatic carbocycles. The first-order valence-corrected chi connectivity index (χ1v) is 12.4. The van der Waals surface area contributed by atoms with Crippen LogP contribution in [-0.2, 0) is 19.1 Å². The molecule has 2 heterocycles. The number of esters is 1. The Morgan fingerprint density at radius 3 is 2.08 bits per heavy atom. The standard InChI is InChI=1S/C30H23NO7/c1-3-37-29(36)17-12-14-18(15-13-17)31-27(34)22-23(28(31)35)30(38-24(22)19-9-5-4-8-16(19)2)25(32)20-10-6-7-11-21(20)26(30)33/h4-15,22-24H,3H2,1-2H3/t22-,23-,24-/m1/s1. The molecule has 0 N–H and O–H groups in total. The number of hydrogen-bond acceptors (Lipinski definition) is 7. The molecule has 3 aliphatic rings. The van der Waals surface area contributed by atoms with Gasteiger partial charge in [-0.15, -0.1) is 0 Å². The predicted octanol–water partition coefficient (Wildman–Crippen LogP) is 3.87. The lowest BCUT2D eigenvalue weighted by Gasteiger charge is -2.27. The second-order valence-corrected chi connectivity index (χ2v) is 9.62. The summed E-state index contributed by atoms with van der Waals surface area (Å²) in [6.07, 6.45) is -0.983. The van der Waals surface area contributed by atoms with Gasteiger partial charge in [-0.05, 0) is 49.2 Å². The fourth-order valence-corrected chi connectivity index (χ4v) is 5.92. The number of nitrogens with zero attached hydrogens (tertiary/aromatic N) is 1. The molecule has 2 amide bonds. The molecule has 3 atom stereocenters. The van der Waals surface area contributed by atoms with Crippen LogP contribution in [-0.4, -0.2) is 41.6 Å². The van der Waals surface area contributed by atoms with Crippen LogP contribution < -0.4 is 4.90 Å². The van der Waals surface area contributed by atoms with Gasteiger partial charge in [0.25, 0.3) is 0 Å². The zero-order valence-corrected chi connectivity index (χ0v) is 20.7. The molecule has 0 radical (unpaired) electrons. The van der Waals surface area contributed by atoms with Gasteiger partial charge in [0.05, 0.1) is 35.8 Å². The van der Waals surface area contributed by atoms with Crippen LogP contribution in [0.4, 0.5) is 5.69 Å². The number of Topliss-reactive ketones (excluding diaryl/α,β-unsaturated/α-hetero) is 2. The van der Waals surface area contributed by atoms with Crippen LogP contribution in [0.1, 0.15) is 55.2 Å². The van der Waals surface area contributed by atoms with Crippen molar-refractivity contribution in [3.05, 3.63) is 101 Å². The third kappa shape index (κ3) is 3.10. The molecule has 2 saturated heterocycles. The summed E-state index contributed by atoms with van der Waals surface area (Å²) in [4.78, 5) is 68.7. The summed E-state index contributed by atoms with van der Waals surface area (Å²) in [6.45, 7) is 3.75. The van der Waals surface area contributed by atoms with E-state index in [9.17, 15) is 24.0 Å². The maximum atomic E-state index is 14.0. The monoisotopic (exact) mass is 509 g/mol. The molecule has 1 spiro atoms. The Hall–Kier alpha value is -4.43. The first kappa shape index (κ1) is 23.9. The van der Waals surface area contributed by atoms with Crippen molar-refractivity contribution in [2.45, 2.75) is 25.6 Å². The fraction of sp³-hybridized carbons (Fsp3) is 0.233. The highest BCUT2D eigenvalue weighted by atomic mass is 16.5. The minimum Gasteiger partial charge on any atom is -0.462 e. The number of ether oxygens (including phenoxy) is 2. The quantitative estimate of drug-likeness (QED) is 0.299. The number of ketones is 2. The second kappa shape index (κ2) is 8.56. The SMILES string of the molecule is CCOC(=O)c1ccc(N2C(=O)[C@H]3[C@@H](c4ccccc4C)OC4(C(=O)c5ccccc5C4=O)[C@H]3C2=O)cc1. The maximum absolute atomic E-state index is 14.0. The molecule has 6 rings (SSSR count). The van der Waals surface area contributed by atoms with Crippen LogP contribution in [0.3, 0.4) is 0 Å². The van der Waals surface area contributed by atoms with E-state index in [0.29, 0.717) is 5.56 Å².